The second kappa shape index (κ2) is 10.3. The number of rotatable bonds is 8. The van der Waals surface area contributed by atoms with Crippen molar-refractivity contribution in [2.45, 2.75) is 33.4 Å². The molecule has 2 aromatic heterocycles. The molecule has 2 aromatic carbocycles. The number of allylic oxidation sites excluding steroid dienone is 2. The van der Waals surface area contributed by atoms with Crippen molar-refractivity contribution in [1.82, 2.24) is 13.9 Å². The lowest BCUT2D eigenvalue weighted by atomic mass is 10.1. The maximum atomic E-state index is 12.3. The number of nitrogens with one attached hydrogen (secondary N) is 1. The van der Waals surface area contributed by atoms with Crippen LogP contribution in [0, 0.1) is 6.92 Å². The number of hydrogen-bond donors (Lipinski definition) is 1. The van der Waals surface area contributed by atoms with E-state index in [1.165, 1.54) is 28.2 Å². The first-order chi connectivity index (χ1) is 17.1. The zero-order valence-corrected chi connectivity index (χ0v) is 19.9. The number of aromatic nitrogens is 3. The van der Waals surface area contributed by atoms with Gasteiger partial charge in [0.05, 0.1) is 6.54 Å². The molecule has 0 unspecified atom stereocenters. The monoisotopic (exact) mass is 519 g/mol. The fraction of sp³-hybridized carbons (Fsp3) is 0.208. The molecule has 1 N–H and O–H groups in total. The van der Waals surface area contributed by atoms with Crippen molar-refractivity contribution in [3.05, 3.63) is 91.8 Å². The first-order valence-corrected chi connectivity index (χ1v) is 11.4. The van der Waals surface area contributed by atoms with Gasteiger partial charge < -0.3 is 13.9 Å². The summed E-state index contributed by atoms with van der Waals surface area (Å²) >= 11 is 0.821. The summed E-state index contributed by atoms with van der Waals surface area (Å²) in [7, 11) is 0. The van der Waals surface area contributed by atoms with Gasteiger partial charge in [0.15, 0.2) is 0 Å². The molecule has 2 heterocycles. The highest BCUT2D eigenvalue weighted by Crippen LogP contribution is 2.28. The van der Waals surface area contributed by atoms with Gasteiger partial charge in [0, 0.05) is 17.1 Å². The maximum absolute atomic E-state index is 12.3. The number of ether oxygens (including phenoxy) is 2. The number of aromatic amines is 1. The van der Waals surface area contributed by atoms with Crippen LogP contribution >= 0.6 is 11.5 Å². The van der Waals surface area contributed by atoms with Crippen LogP contribution in [0.1, 0.15) is 23.9 Å². The van der Waals surface area contributed by atoms with E-state index >= 15 is 0 Å². The van der Waals surface area contributed by atoms with E-state index in [9.17, 15) is 22.8 Å². The third-order valence-corrected chi connectivity index (χ3v) is 5.89. The van der Waals surface area contributed by atoms with Gasteiger partial charge in [0.25, 0.3) is 0 Å². The first-order valence-electron chi connectivity index (χ1n) is 10.6. The van der Waals surface area contributed by atoms with Gasteiger partial charge in [-0.2, -0.15) is 0 Å². The van der Waals surface area contributed by atoms with Crippen LogP contribution < -0.4 is 20.0 Å². The number of oxazole rings is 1. The Bertz CT molecular complexity index is 1500. The van der Waals surface area contributed by atoms with Gasteiger partial charge in [-0.15, -0.1) is 13.2 Å². The Hall–Kier alpha value is -4.06. The minimum Gasteiger partial charge on any atom is -0.487 e. The summed E-state index contributed by atoms with van der Waals surface area (Å²) in [6, 6.07) is 12.6. The standard InChI is InChI=1S/C24H20F3N3O5S/c1-14(10-11-30-22(31)29-23(32)36-30)17-4-3-5-19(12-17)33-13-20-15(2)34-21(28-20)16-6-8-18(9-7-16)35-24(25,26)27/h3-10,12H,11,13H2,1-2H3,(H,29,31,32)/b14-10+. The second-order valence-electron chi connectivity index (χ2n) is 7.67. The number of aryl methyl sites for hydroxylation is 1. The van der Waals surface area contributed by atoms with Crippen molar-refractivity contribution >= 4 is 17.1 Å². The lowest BCUT2D eigenvalue weighted by Crippen LogP contribution is -2.16. The Kier molecular flexibility index (Phi) is 7.15. The zero-order chi connectivity index (χ0) is 25.9. The van der Waals surface area contributed by atoms with Crippen LogP contribution in [-0.4, -0.2) is 20.3 Å². The molecular formula is C24H20F3N3O5S. The number of alkyl halides is 3. The average molecular weight is 520 g/mol. The SMILES string of the molecule is C/C(=C\Cn1sc(=O)[nH]c1=O)c1cccc(OCc2nc(-c3ccc(OC(F)(F)F)cc3)oc2C)c1. The number of nitrogens with zero attached hydrogens (tertiary/aromatic N) is 2. The quantitative estimate of drug-likeness (QED) is 0.346. The van der Waals surface area contributed by atoms with Gasteiger partial charge in [0.2, 0.25) is 5.89 Å². The molecule has 0 atom stereocenters. The Morgan fingerprint density at radius 2 is 1.92 bits per heavy atom. The Morgan fingerprint density at radius 1 is 1.17 bits per heavy atom. The van der Waals surface area contributed by atoms with E-state index in [1.807, 2.05) is 31.2 Å². The summed E-state index contributed by atoms with van der Waals surface area (Å²) in [6.45, 7) is 3.99. The molecule has 0 aliphatic carbocycles. The molecule has 0 fully saturated rings. The Balaban J connectivity index is 1.42. The Morgan fingerprint density at radius 3 is 2.58 bits per heavy atom. The molecule has 0 spiro atoms. The predicted octanol–water partition coefficient (Wildman–Crippen LogP) is 5.14. The molecule has 4 aromatic rings. The Labute approximate surface area is 206 Å². The van der Waals surface area contributed by atoms with E-state index in [1.54, 1.807) is 13.0 Å². The van der Waals surface area contributed by atoms with Crippen molar-refractivity contribution in [2.75, 3.05) is 0 Å². The number of benzene rings is 2. The molecule has 8 nitrogen and oxygen atoms in total. The van der Waals surface area contributed by atoms with Crippen LogP contribution in [-0.2, 0) is 13.2 Å². The third kappa shape index (κ3) is 6.33. The van der Waals surface area contributed by atoms with Gasteiger partial charge >= 0.3 is 16.9 Å². The van der Waals surface area contributed by atoms with Crippen LogP contribution in [0.5, 0.6) is 11.5 Å². The molecule has 0 radical (unpaired) electrons. The number of halogens is 3. The summed E-state index contributed by atoms with van der Waals surface area (Å²) in [5.74, 6) is 1.02. The van der Waals surface area contributed by atoms with Crippen LogP contribution in [0.2, 0.25) is 0 Å². The largest absolute Gasteiger partial charge is 0.573 e. The number of hydrogen-bond acceptors (Lipinski definition) is 7. The van der Waals surface area contributed by atoms with Gasteiger partial charge in [-0.05, 0) is 61.4 Å². The average Bonchev–Trinajstić information content (AvgIpc) is 3.36. The van der Waals surface area contributed by atoms with E-state index < -0.39 is 16.9 Å². The molecule has 0 aliphatic heterocycles. The maximum Gasteiger partial charge on any atom is 0.573 e. The second-order valence-corrected chi connectivity index (χ2v) is 8.66. The van der Waals surface area contributed by atoms with Crippen molar-refractivity contribution in [3.63, 3.8) is 0 Å². The van der Waals surface area contributed by atoms with E-state index in [0.29, 0.717) is 22.8 Å². The third-order valence-electron chi connectivity index (χ3n) is 5.08. The smallest absolute Gasteiger partial charge is 0.487 e. The summed E-state index contributed by atoms with van der Waals surface area (Å²) in [5.41, 5.74) is 2.36. The van der Waals surface area contributed by atoms with Crippen LogP contribution in [0.3, 0.4) is 0 Å². The van der Waals surface area contributed by atoms with Crippen molar-refractivity contribution in [2.24, 2.45) is 0 Å². The highest BCUT2D eigenvalue weighted by atomic mass is 32.1. The molecule has 0 amide bonds. The first kappa shape index (κ1) is 25.0. The van der Waals surface area contributed by atoms with Crippen molar-refractivity contribution in [1.29, 1.82) is 0 Å². The molecule has 36 heavy (non-hydrogen) atoms. The molecular weight excluding hydrogens is 499 g/mol. The molecule has 4 rings (SSSR count). The minimum atomic E-state index is -4.76. The highest BCUT2D eigenvalue weighted by Gasteiger charge is 2.31. The number of H-pyrrole nitrogens is 1. The molecule has 0 saturated carbocycles. The van der Waals surface area contributed by atoms with Crippen LogP contribution in [0.15, 0.2) is 68.6 Å². The molecule has 0 aliphatic rings. The normalized spacial score (nSPS) is 12.1. The summed E-state index contributed by atoms with van der Waals surface area (Å²) < 4.78 is 53.8. The lowest BCUT2D eigenvalue weighted by molar-refractivity contribution is -0.274. The zero-order valence-electron chi connectivity index (χ0n) is 19.1. The van der Waals surface area contributed by atoms with Gasteiger partial charge in [-0.3, -0.25) is 9.78 Å². The minimum absolute atomic E-state index is 0.115. The topological polar surface area (TPSA) is 99.4 Å². The van der Waals surface area contributed by atoms with Crippen LogP contribution in [0.25, 0.3) is 17.0 Å². The van der Waals surface area contributed by atoms with Gasteiger partial charge in [-0.1, -0.05) is 18.2 Å². The fourth-order valence-corrected chi connectivity index (χ4v) is 3.85. The molecule has 188 valence electrons. The van der Waals surface area contributed by atoms with Gasteiger partial charge in [0.1, 0.15) is 29.6 Å². The van der Waals surface area contributed by atoms with E-state index in [0.717, 1.165) is 22.7 Å². The van der Waals surface area contributed by atoms with Crippen molar-refractivity contribution < 1.29 is 27.1 Å². The predicted molar refractivity (Wildman–Crippen MR) is 127 cm³/mol. The van der Waals surface area contributed by atoms with Crippen LogP contribution in [0.4, 0.5) is 13.2 Å². The molecule has 12 heteroatoms. The molecule has 0 saturated heterocycles. The lowest BCUT2D eigenvalue weighted by Gasteiger charge is -2.08. The summed E-state index contributed by atoms with van der Waals surface area (Å²) in [4.78, 5) is 29.1. The fourth-order valence-electron chi connectivity index (χ4n) is 3.24. The van der Waals surface area contributed by atoms with Crippen molar-refractivity contribution in [3.8, 4) is 23.0 Å². The van der Waals surface area contributed by atoms with E-state index in [-0.39, 0.29) is 24.8 Å². The molecule has 0 bridgehead atoms. The highest BCUT2D eigenvalue weighted by molar-refractivity contribution is 7.03. The van der Waals surface area contributed by atoms with E-state index in [2.05, 4.69) is 14.7 Å². The summed E-state index contributed by atoms with van der Waals surface area (Å²) in [6.07, 6.45) is -2.93. The van der Waals surface area contributed by atoms with Gasteiger partial charge in [-0.25, -0.2) is 13.7 Å². The van der Waals surface area contributed by atoms with E-state index in [4.69, 9.17) is 9.15 Å². The summed E-state index contributed by atoms with van der Waals surface area (Å²) in [5, 5.41) is 0.